The molecule has 0 heterocycles. The van der Waals surface area contributed by atoms with Crippen molar-refractivity contribution >= 4 is 12.1 Å². The minimum atomic E-state index is -0.674. The number of hydrazone groups is 1. The molecule has 0 saturated heterocycles. The Bertz CT molecular complexity index is 724. The summed E-state index contributed by atoms with van der Waals surface area (Å²) >= 11 is 0. The van der Waals surface area contributed by atoms with Crippen LogP contribution in [0.3, 0.4) is 0 Å². The molecule has 0 fully saturated rings. The van der Waals surface area contributed by atoms with Crippen molar-refractivity contribution in [1.29, 1.82) is 0 Å². The van der Waals surface area contributed by atoms with E-state index >= 15 is 0 Å². The van der Waals surface area contributed by atoms with Crippen LogP contribution in [-0.4, -0.2) is 25.3 Å². The zero-order chi connectivity index (χ0) is 18.2. The molecule has 2 aromatic rings. The number of carbonyl (C=O) groups excluding carboxylic acids is 1. The number of benzene rings is 2. The van der Waals surface area contributed by atoms with Crippen LogP contribution in [0.4, 0.5) is 0 Å². The molecule has 5 heteroatoms. The van der Waals surface area contributed by atoms with Gasteiger partial charge in [0.1, 0.15) is 11.5 Å². The van der Waals surface area contributed by atoms with Gasteiger partial charge in [-0.25, -0.2) is 5.43 Å². The topological polar surface area (TPSA) is 59.9 Å². The van der Waals surface area contributed by atoms with Gasteiger partial charge in [-0.1, -0.05) is 44.2 Å². The van der Waals surface area contributed by atoms with Crippen LogP contribution < -0.4 is 14.9 Å². The summed E-state index contributed by atoms with van der Waals surface area (Å²) in [4.78, 5) is 12.1. The Hall–Kier alpha value is -2.82. The van der Waals surface area contributed by atoms with Gasteiger partial charge >= 0.3 is 0 Å². The van der Waals surface area contributed by atoms with Crippen LogP contribution in [0.1, 0.15) is 37.8 Å². The number of ether oxygens (including phenoxy) is 2. The Morgan fingerprint density at radius 1 is 1.08 bits per heavy atom. The van der Waals surface area contributed by atoms with Crippen molar-refractivity contribution in [2.75, 3.05) is 7.11 Å². The highest BCUT2D eigenvalue weighted by molar-refractivity contribution is 5.84. The maximum Gasteiger partial charge on any atom is 0.280 e. The second-order valence-electron chi connectivity index (χ2n) is 5.99. The van der Waals surface area contributed by atoms with Crippen molar-refractivity contribution in [2.24, 2.45) is 5.10 Å². The molecular weight excluding hydrogens is 316 g/mol. The molecule has 2 aromatic carbocycles. The molecule has 0 aliphatic heterocycles. The number of nitrogens with zero attached hydrogens (tertiary/aromatic N) is 1. The zero-order valence-electron chi connectivity index (χ0n) is 15.0. The van der Waals surface area contributed by atoms with Crippen molar-refractivity contribution in [2.45, 2.75) is 32.8 Å². The second kappa shape index (κ2) is 8.87. The monoisotopic (exact) mass is 340 g/mol. The molecule has 0 saturated carbocycles. The Morgan fingerprint density at radius 3 is 2.40 bits per heavy atom. The number of rotatable bonds is 7. The number of nitrogens with one attached hydrogen (secondary N) is 1. The maximum atomic E-state index is 12.1. The zero-order valence-corrected chi connectivity index (χ0v) is 15.0. The van der Waals surface area contributed by atoms with E-state index in [1.165, 1.54) is 5.56 Å². The molecule has 2 rings (SSSR count). The third-order valence-electron chi connectivity index (χ3n) is 3.71. The SMILES string of the molecule is COc1cccc(OC(C)C(=O)N/N=C/c2ccc(C(C)C)cc2)c1. The highest BCUT2D eigenvalue weighted by Gasteiger charge is 2.14. The van der Waals surface area contributed by atoms with Gasteiger partial charge in [-0.3, -0.25) is 4.79 Å². The van der Waals surface area contributed by atoms with E-state index in [-0.39, 0.29) is 5.91 Å². The molecule has 0 aliphatic carbocycles. The summed E-state index contributed by atoms with van der Waals surface area (Å²) in [5.41, 5.74) is 4.68. The molecule has 1 atom stereocenters. The first kappa shape index (κ1) is 18.5. The first-order chi connectivity index (χ1) is 12.0. The van der Waals surface area contributed by atoms with E-state index in [2.05, 4.69) is 36.5 Å². The fourth-order valence-electron chi connectivity index (χ4n) is 2.16. The van der Waals surface area contributed by atoms with Gasteiger partial charge in [0.15, 0.2) is 6.10 Å². The fraction of sp³-hybridized carbons (Fsp3) is 0.300. The molecule has 0 aliphatic rings. The maximum absolute atomic E-state index is 12.1. The van der Waals surface area contributed by atoms with E-state index in [0.29, 0.717) is 17.4 Å². The molecule has 0 radical (unpaired) electrons. The number of amides is 1. The average Bonchev–Trinajstić information content (AvgIpc) is 2.62. The smallest absolute Gasteiger partial charge is 0.280 e. The standard InChI is InChI=1S/C20H24N2O3/c1-14(2)17-10-8-16(9-11-17)13-21-22-20(23)15(3)25-19-7-5-6-18(12-19)24-4/h5-15H,1-4H3,(H,22,23)/b21-13+. The molecular formula is C20H24N2O3. The predicted molar refractivity (Wildman–Crippen MR) is 99.4 cm³/mol. The van der Waals surface area contributed by atoms with Crippen LogP contribution in [0, 0.1) is 0 Å². The third kappa shape index (κ3) is 5.64. The average molecular weight is 340 g/mol. The first-order valence-corrected chi connectivity index (χ1v) is 8.23. The van der Waals surface area contributed by atoms with E-state index in [1.54, 1.807) is 38.4 Å². The summed E-state index contributed by atoms with van der Waals surface area (Å²) in [5.74, 6) is 1.40. The quantitative estimate of drug-likeness (QED) is 0.617. The molecule has 0 aromatic heterocycles. The number of hydrogen-bond donors (Lipinski definition) is 1. The molecule has 1 N–H and O–H groups in total. The van der Waals surface area contributed by atoms with Gasteiger partial charge in [-0.05, 0) is 36.1 Å². The van der Waals surface area contributed by atoms with Crippen LogP contribution >= 0.6 is 0 Å². The van der Waals surface area contributed by atoms with Crippen LogP contribution in [0.15, 0.2) is 53.6 Å². The largest absolute Gasteiger partial charge is 0.497 e. The van der Waals surface area contributed by atoms with Crippen molar-refractivity contribution in [3.05, 3.63) is 59.7 Å². The van der Waals surface area contributed by atoms with Crippen LogP contribution in [0.25, 0.3) is 0 Å². The lowest BCUT2D eigenvalue weighted by molar-refractivity contribution is -0.127. The van der Waals surface area contributed by atoms with Crippen molar-refractivity contribution < 1.29 is 14.3 Å². The van der Waals surface area contributed by atoms with Crippen molar-refractivity contribution in [3.8, 4) is 11.5 Å². The minimum Gasteiger partial charge on any atom is -0.497 e. The number of hydrogen-bond acceptors (Lipinski definition) is 4. The molecule has 0 spiro atoms. The van der Waals surface area contributed by atoms with Crippen LogP contribution in [-0.2, 0) is 4.79 Å². The summed E-state index contributed by atoms with van der Waals surface area (Å²) in [6.45, 7) is 5.96. The Morgan fingerprint density at radius 2 is 1.76 bits per heavy atom. The Balaban J connectivity index is 1.88. The second-order valence-corrected chi connectivity index (χ2v) is 5.99. The molecule has 1 unspecified atom stereocenters. The van der Waals surface area contributed by atoms with E-state index in [4.69, 9.17) is 9.47 Å². The summed E-state index contributed by atoms with van der Waals surface area (Å²) < 4.78 is 10.7. The van der Waals surface area contributed by atoms with Gasteiger partial charge in [-0.15, -0.1) is 0 Å². The summed E-state index contributed by atoms with van der Waals surface area (Å²) in [5, 5.41) is 3.98. The Kier molecular flexibility index (Phi) is 6.57. The van der Waals surface area contributed by atoms with Gasteiger partial charge < -0.3 is 9.47 Å². The van der Waals surface area contributed by atoms with Crippen LogP contribution in [0.5, 0.6) is 11.5 Å². The summed E-state index contributed by atoms with van der Waals surface area (Å²) in [6, 6.07) is 15.2. The Labute approximate surface area is 148 Å². The van der Waals surface area contributed by atoms with E-state index in [1.807, 2.05) is 18.2 Å². The lowest BCUT2D eigenvalue weighted by Crippen LogP contribution is -2.33. The number of carbonyl (C=O) groups is 1. The molecule has 5 nitrogen and oxygen atoms in total. The lowest BCUT2D eigenvalue weighted by atomic mass is 10.0. The first-order valence-electron chi connectivity index (χ1n) is 8.23. The summed E-state index contributed by atoms with van der Waals surface area (Å²) in [6.07, 6.45) is 0.938. The van der Waals surface area contributed by atoms with Gasteiger partial charge in [0.05, 0.1) is 13.3 Å². The lowest BCUT2D eigenvalue weighted by Gasteiger charge is -2.13. The highest BCUT2D eigenvalue weighted by atomic mass is 16.5. The van der Waals surface area contributed by atoms with E-state index < -0.39 is 6.10 Å². The predicted octanol–water partition coefficient (Wildman–Crippen LogP) is 3.74. The molecule has 25 heavy (non-hydrogen) atoms. The minimum absolute atomic E-state index is 0.321. The van der Waals surface area contributed by atoms with Crippen molar-refractivity contribution in [3.63, 3.8) is 0 Å². The van der Waals surface area contributed by atoms with Gasteiger partial charge in [0.25, 0.3) is 5.91 Å². The normalized spacial score (nSPS) is 12.2. The van der Waals surface area contributed by atoms with Crippen LogP contribution in [0.2, 0.25) is 0 Å². The van der Waals surface area contributed by atoms with Gasteiger partial charge in [-0.2, -0.15) is 5.10 Å². The summed E-state index contributed by atoms with van der Waals surface area (Å²) in [7, 11) is 1.58. The van der Waals surface area contributed by atoms with E-state index in [0.717, 1.165) is 5.56 Å². The molecule has 1 amide bonds. The third-order valence-corrected chi connectivity index (χ3v) is 3.71. The van der Waals surface area contributed by atoms with Gasteiger partial charge in [0.2, 0.25) is 0 Å². The van der Waals surface area contributed by atoms with Gasteiger partial charge in [0, 0.05) is 6.07 Å². The molecule has 0 bridgehead atoms. The fourth-order valence-corrected chi connectivity index (χ4v) is 2.16. The van der Waals surface area contributed by atoms with Crippen molar-refractivity contribution in [1.82, 2.24) is 5.43 Å². The highest BCUT2D eigenvalue weighted by Crippen LogP contribution is 2.20. The molecule has 132 valence electrons. The van der Waals surface area contributed by atoms with E-state index in [9.17, 15) is 4.79 Å². The number of methoxy groups -OCH3 is 1.